The van der Waals surface area contributed by atoms with Crippen molar-refractivity contribution < 1.29 is 8.42 Å². The van der Waals surface area contributed by atoms with Crippen LogP contribution in [0.3, 0.4) is 0 Å². The molecule has 7 nitrogen and oxygen atoms in total. The quantitative estimate of drug-likeness (QED) is 0.854. The minimum absolute atomic E-state index is 0.0146. The van der Waals surface area contributed by atoms with Crippen molar-refractivity contribution in [2.75, 3.05) is 5.73 Å². The average molecular weight is 295 g/mol. The van der Waals surface area contributed by atoms with Crippen molar-refractivity contribution in [1.29, 1.82) is 0 Å². The highest BCUT2D eigenvalue weighted by molar-refractivity contribution is 7.89. The van der Waals surface area contributed by atoms with E-state index in [-0.39, 0.29) is 17.1 Å². The van der Waals surface area contributed by atoms with Gasteiger partial charge in [-0.15, -0.1) is 0 Å². The summed E-state index contributed by atoms with van der Waals surface area (Å²) in [5.41, 5.74) is 8.42. The molecule has 0 aliphatic rings. The number of pyridine rings is 1. The second-order valence-corrected chi connectivity index (χ2v) is 6.25. The van der Waals surface area contributed by atoms with Crippen molar-refractivity contribution in [2.45, 2.75) is 25.3 Å². The standard InChI is InChI=1S/C12H17N5O2S/c1-8-10(9(2)17(3)16-8)6-15-20(18,19)12-7-14-5-4-11(12)13/h4-5,7,15H,6H2,1-3H3,(H2,13,14). The van der Waals surface area contributed by atoms with Gasteiger partial charge < -0.3 is 5.73 Å². The number of aryl methyl sites for hydroxylation is 2. The first kappa shape index (κ1) is 14.5. The fourth-order valence-corrected chi connectivity index (χ4v) is 3.00. The number of nitrogens with one attached hydrogen (secondary N) is 1. The minimum Gasteiger partial charge on any atom is -0.398 e. The summed E-state index contributed by atoms with van der Waals surface area (Å²) in [5, 5.41) is 4.25. The number of rotatable bonds is 4. The predicted octanol–water partition coefficient (Wildman–Crippen LogP) is 0.493. The van der Waals surface area contributed by atoms with Crippen LogP contribution in [0.1, 0.15) is 17.0 Å². The largest absolute Gasteiger partial charge is 0.398 e. The maximum Gasteiger partial charge on any atom is 0.244 e. The van der Waals surface area contributed by atoms with Gasteiger partial charge in [0.1, 0.15) is 4.90 Å². The summed E-state index contributed by atoms with van der Waals surface area (Å²) in [7, 11) is -1.87. The maximum atomic E-state index is 12.2. The molecule has 0 bridgehead atoms. The van der Waals surface area contributed by atoms with Crippen molar-refractivity contribution >= 4 is 15.7 Å². The average Bonchev–Trinajstić information content (AvgIpc) is 2.61. The molecular formula is C12H17N5O2S. The van der Waals surface area contributed by atoms with Gasteiger partial charge in [0, 0.05) is 37.2 Å². The molecule has 0 aromatic carbocycles. The minimum atomic E-state index is -3.69. The van der Waals surface area contributed by atoms with E-state index in [4.69, 9.17) is 5.73 Å². The van der Waals surface area contributed by atoms with Crippen LogP contribution in [0.25, 0.3) is 0 Å². The third-order valence-electron chi connectivity index (χ3n) is 3.20. The normalized spacial score (nSPS) is 11.8. The van der Waals surface area contributed by atoms with Gasteiger partial charge in [-0.2, -0.15) is 5.10 Å². The molecule has 2 heterocycles. The van der Waals surface area contributed by atoms with Crippen molar-refractivity contribution in [3.63, 3.8) is 0 Å². The third kappa shape index (κ3) is 2.66. The first-order valence-corrected chi connectivity index (χ1v) is 7.49. The Balaban J connectivity index is 2.24. The third-order valence-corrected chi connectivity index (χ3v) is 4.65. The fourth-order valence-electron chi connectivity index (χ4n) is 1.93. The van der Waals surface area contributed by atoms with Crippen molar-refractivity contribution in [3.8, 4) is 0 Å². The number of nitrogens with two attached hydrogens (primary N) is 1. The number of aromatic nitrogens is 3. The Labute approximate surface area is 117 Å². The van der Waals surface area contributed by atoms with Crippen LogP contribution in [0, 0.1) is 13.8 Å². The molecule has 0 saturated carbocycles. The molecule has 108 valence electrons. The number of hydrogen-bond donors (Lipinski definition) is 2. The van der Waals surface area contributed by atoms with Gasteiger partial charge in [-0.25, -0.2) is 13.1 Å². The summed E-state index contributed by atoms with van der Waals surface area (Å²) >= 11 is 0. The Bertz CT molecular complexity index is 736. The summed E-state index contributed by atoms with van der Waals surface area (Å²) in [6.07, 6.45) is 2.68. The molecule has 20 heavy (non-hydrogen) atoms. The summed E-state index contributed by atoms with van der Waals surface area (Å²) < 4.78 is 28.6. The van der Waals surface area contributed by atoms with Crippen molar-refractivity contribution in [3.05, 3.63) is 35.4 Å². The summed E-state index contributed by atoms with van der Waals surface area (Å²) in [6.45, 7) is 3.90. The van der Waals surface area contributed by atoms with Crippen LogP contribution in [-0.2, 0) is 23.6 Å². The monoisotopic (exact) mass is 295 g/mol. The Morgan fingerprint density at radius 3 is 2.65 bits per heavy atom. The van der Waals surface area contributed by atoms with Gasteiger partial charge in [-0.1, -0.05) is 0 Å². The molecule has 2 aromatic heterocycles. The van der Waals surface area contributed by atoms with Crippen LogP contribution < -0.4 is 10.5 Å². The lowest BCUT2D eigenvalue weighted by Crippen LogP contribution is -2.24. The van der Waals surface area contributed by atoms with E-state index < -0.39 is 10.0 Å². The van der Waals surface area contributed by atoms with E-state index in [1.54, 1.807) is 4.68 Å². The molecule has 3 N–H and O–H groups in total. The van der Waals surface area contributed by atoms with E-state index in [9.17, 15) is 8.42 Å². The van der Waals surface area contributed by atoms with Crippen molar-refractivity contribution in [2.24, 2.45) is 7.05 Å². The van der Waals surface area contributed by atoms with Crippen LogP contribution in [0.5, 0.6) is 0 Å². The van der Waals surface area contributed by atoms with E-state index in [2.05, 4.69) is 14.8 Å². The molecule has 0 aliphatic carbocycles. The molecule has 2 rings (SSSR count). The van der Waals surface area contributed by atoms with E-state index >= 15 is 0 Å². The molecule has 0 fully saturated rings. The molecular weight excluding hydrogens is 278 g/mol. The summed E-state index contributed by atoms with van der Waals surface area (Å²) in [4.78, 5) is 3.78. The molecule has 0 unspecified atom stereocenters. The topological polar surface area (TPSA) is 103 Å². The zero-order valence-corrected chi connectivity index (χ0v) is 12.4. The fraction of sp³-hybridized carbons (Fsp3) is 0.333. The lowest BCUT2D eigenvalue weighted by atomic mass is 10.2. The van der Waals surface area contributed by atoms with Gasteiger partial charge in [-0.3, -0.25) is 9.67 Å². The van der Waals surface area contributed by atoms with E-state index in [1.165, 1.54) is 18.5 Å². The van der Waals surface area contributed by atoms with Crippen LogP contribution in [-0.4, -0.2) is 23.2 Å². The number of nitrogens with zero attached hydrogens (tertiary/aromatic N) is 3. The lowest BCUT2D eigenvalue weighted by Gasteiger charge is -2.08. The summed E-state index contributed by atoms with van der Waals surface area (Å²) in [6, 6.07) is 1.45. The maximum absolute atomic E-state index is 12.2. The lowest BCUT2D eigenvalue weighted by molar-refractivity contribution is 0.581. The number of nitrogen functional groups attached to an aromatic ring is 1. The molecule has 0 radical (unpaired) electrons. The second-order valence-electron chi connectivity index (χ2n) is 4.51. The van der Waals surface area contributed by atoms with Gasteiger partial charge in [0.15, 0.2) is 0 Å². The van der Waals surface area contributed by atoms with Gasteiger partial charge in [-0.05, 0) is 19.9 Å². The molecule has 0 amide bonds. The molecule has 0 saturated heterocycles. The van der Waals surface area contributed by atoms with E-state index in [0.717, 1.165) is 17.0 Å². The van der Waals surface area contributed by atoms with Crippen molar-refractivity contribution in [1.82, 2.24) is 19.5 Å². The Kier molecular flexibility index (Phi) is 3.78. The Morgan fingerprint density at radius 1 is 1.40 bits per heavy atom. The van der Waals surface area contributed by atoms with E-state index in [1.807, 2.05) is 20.9 Å². The molecule has 2 aromatic rings. The number of hydrogen-bond acceptors (Lipinski definition) is 5. The predicted molar refractivity (Wildman–Crippen MR) is 75.4 cm³/mol. The Hall–Kier alpha value is -1.93. The van der Waals surface area contributed by atoms with Crippen LogP contribution in [0.15, 0.2) is 23.4 Å². The van der Waals surface area contributed by atoms with Crippen LogP contribution in [0.2, 0.25) is 0 Å². The van der Waals surface area contributed by atoms with Gasteiger partial charge in [0.25, 0.3) is 0 Å². The molecule has 0 spiro atoms. The van der Waals surface area contributed by atoms with Crippen LogP contribution in [0.4, 0.5) is 5.69 Å². The molecule has 0 aliphatic heterocycles. The van der Waals surface area contributed by atoms with Crippen LogP contribution >= 0.6 is 0 Å². The molecule has 8 heteroatoms. The number of sulfonamides is 1. The van der Waals surface area contributed by atoms with Gasteiger partial charge >= 0.3 is 0 Å². The zero-order chi connectivity index (χ0) is 14.9. The smallest absolute Gasteiger partial charge is 0.244 e. The molecule has 0 atom stereocenters. The second kappa shape index (κ2) is 5.22. The first-order chi connectivity index (χ1) is 9.33. The zero-order valence-electron chi connectivity index (χ0n) is 11.6. The SMILES string of the molecule is Cc1nn(C)c(C)c1CNS(=O)(=O)c1cnccc1N. The highest BCUT2D eigenvalue weighted by atomic mass is 32.2. The highest BCUT2D eigenvalue weighted by Crippen LogP contribution is 2.17. The summed E-state index contributed by atoms with van der Waals surface area (Å²) in [5.74, 6) is 0. The first-order valence-electron chi connectivity index (χ1n) is 6.01. The number of anilines is 1. The van der Waals surface area contributed by atoms with Gasteiger partial charge in [0.05, 0.1) is 11.4 Å². The van der Waals surface area contributed by atoms with Gasteiger partial charge in [0.2, 0.25) is 10.0 Å². The Morgan fingerprint density at radius 2 is 2.10 bits per heavy atom. The van der Waals surface area contributed by atoms with E-state index in [0.29, 0.717) is 0 Å². The highest BCUT2D eigenvalue weighted by Gasteiger charge is 2.19.